The van der Waals surface area contributed by atoms with Gasteiger partial charge >= 0.3 is 0 Å². The minimum atomic E-state index is 0.697. The number of hydrogen-bond acceptors (Lipinski definition) is 4. The van der Waals surface area contributed by atoms with Crippen molar-refractivity contribution in [1.29, 1.82) is 0 Å². The summed E-state index contributed by atoms with van der Waals surface area (Å²) in [4.78, 5) is 9.58. The molecule has 0 aromatic carbocycles. The second-order valence-corrected chi connectivity index (χ2v) is 5.30. The molecule has 1 N–H and O–H groups in total. The first kappa shape index (κ1) is 14.3. The first-order chi connectivity index (χ1) is 9.26. The Morgan fingerprint density at radius 1 is 1.32 bits per heavy atom. The summed E-state index contributed by atoms with van der Waals surface area (Å²) in [6, 6.07) is 4.88. The maximum Gasteiger partial charge on any atom is 0.133 e. The van der Waals surface area contributed by atoms with Gasteiger partial charge in [-0.3, -0.25) is 4.90 Å². The molecule has 4 heteroatoms. The van der Waals surface area contributed by atoms with Crippen molar-refractivity contribution in [2.45, 2.75) is 32.9 Å². The number of nitrogens with one attached hydrogen (secondary N) is 1. The van der Waals surface area contributed by atoms with E-state index in [0.717, 1.165) is 38.5 Å². The smallest absolute Gasteiger partial charge is 0.133 e. The maximum atomic E-state index is 4.58. The molecule has 2 rings (SSSR count). The quantitative estimate of drug-likeness (QED) is 0.875. The zero-order chi connectivity index (χ0) is 13.7. The molecule has 1 fully saturated rings. The summed E-state index contributed by atoms with van der Waals surface area (Å²) in [5, 5.41) is 3.22. The molecule has 0 amide bonds. The molecular weight excluding hydrogens is 236 g/mol. The van der Waals surface area contributed by atoms with Gasteiger partial charge in [0.05, 0.1) is 0 Å². The Hall–Kier alpha value is -1.13. The van der Waals surface area contributed by atoms with E-state index in [2.05, 4.69) is 40.0 Å². The van der Waals surface area contributed by atoms with Crippen LogP contribution in [-0.4, -0.2) is 49.2 Å². The highest BCUT2D eigenvalue weighted by Crippen LogP contribution is 2.19. The van der Waals surface area contributed by atoms with E-state index in [1.54, 1.807) is 0 Å². The fourth-order valence-corrected chi connectivity index (χ4v) is 2.68. The number of rotatable bonds is 5. The molecule has 0 aliphatic carbocycles. The summed E-state index contributed by atoms with van der Waals surface area (Å²) in [5.41, 5.74) is 1.29. The second-order valence-electron chi connectivity index (χ2n) is 5.30. The number of anilines is 1. The highest BCUT2D eigenvalue weighted by molar-refractivity contribution is 5.47. The molecule has 1 unspecified atom stereocenters. The van der Waals surface area contributed by atoms with Crippen molar-refractivity contribution in [3.63, 3.8) is 0 Å². The summed E-state index contributed by atoms with van der Waals surface area (Å²) in [6.45, 7) is 9.92. The van der Waals surface area contributed by atoms with E-state index < -0.39 is 0 Å². The van der Waals surface area contributed by atoms with E-state index in [9.17, 15) is 0 Å². The van der Waals surface area contributed by atoms with E-state index >= 15 is 0 Å². The molecule has 0 saturated carbocycles. The summed E-state index contributed by atoms with van der Waals surface area (Å²) < 4.78 is 0. The van der Waals surface area contributed by atoms with Crippen LogP contribution in [0.3, 0.4) is 0 Å². The fourth-order valence-electron chi connectivity index (χ4n) is 2.68. The van der Waals surface area contributed by atoms with Crippen molar-refractivity contribution >= 4 is 5.82 Å². The van der Waals surface area contributed by atoms with Gasteiger partial charge in [-0.05, 0) is 26.5 Å². The molecule has 1 aliphatic rings. The predicted octanol–water partition coefficient (Wildman–Crippen LogP) is 1.72. The molecule has 0 radical (unpaired) electrons. The molecular formula is C15H26N4. The van der Waals surface area contributed by atoms with Gasteiger partial charge in [0.2, 0.25) is 0 Å². The number of nitrogens with zero attached hydrogens (tertiary/aromatic N) is 3. The number of aromatic nitrogens is 1. The molecule has 1 aromatic rings. The summed E-state index contributed by atoms with van der Waals surface area (Å²) >= 11 is 0. The largest absolute Gasteiger partial charge is 0.354 e. The lowest BCUT2D eigenvalue weighted by atomic mass is 10.1. The number of pyridine rings is 1. The van der Waals surface area contributed by atoms with Gasteiger partial charge in [0.15, 0.2) is 0 Å². The Labute approximate surface area is 116 Å². The minimum Gasteiger partial charge on any atom is -0.354 e. The van der Waals surface area contributed by atoms with E-state index in [1.807, 2.05) is 19.3 Å². The van der Waals surface area contributed by atoms with Gasteiger partial charge in [0.1, 0.15) is 5.82 Å². The van der Waals surface area contributed by atoms with Crippen LogP contribution >= 0.6 is 0 Å². The average Bonchev–Trinajstić information content (AvgIpc) is 2.47. The maximum absolute atomic E-state index is 4.58. The van der Waals surface area contributed by atoms with Crippen LogP contribution < -0.4 is 10.2 Å². The van der Waals surface area contributed by atoms with Crippen LogP contribution in [0.4, 0.5) is 5.82 Å². The summed E-state index contributed by atoms with van der Waals surface area (Å²) in [6.07, 6.45) is 3.13. The summed E-state index contributed by atoms with van der Waals surface area (Å²) in [5.74, 6) is 1.15. The van der Waals surface area contributed by atoms with Gasteiger partial charge < -0.3 is 10.2 Å². The third-order valence-corrected chi connectivity index (χ3v) is 4.06. The van der Waals surface area contributed by atoms with Gasteiger partial charge in [0.25, 0.3) is 0 Å². The van der Waals surface area contributed by atoms with Crippen LogP contribution in [0.1, 0.15) is 25.8 Å². The van der Waals surface area contributed by atoms with Crippen molar-refractivity contribution in [3.8, 4) is 0 Å². The van der Waals surface area contributed by atoms with Crippen LogP contribution in [0, 0.1) is 0 Å². The fraction of sp³-hybridized carbons (Fsp3) is 0.667. The molecule has 0 spiro atoms. The normalized spacial score (nSPS) is 18.6. The molecule has 1 saturated heterocycles. The van der Waals surface area contributed by atoms with Gasteiger partial charge in [-0.2, -0.15) is 0 Å². The van der Waals surface area contributed by atoms with Gasteiger partial charge in [-0.15, -0.1) is 0 Å². The van der Waals surface area contributed by atoms with Crippen molar-refractivity contribution in [2.75, 3.05) is 38.1 Å². The van der Waals surface area contributed by atoms with Crippen LogP contribution in [-0.2, 0) is 6.54 Å². The third-order valence-electron chi connectivity index (χ3n) is 4.06. The Balaban J connectivity index is 2.01. The van der Waals surface area contributed by atoms with E-state index in [4.69, 9.17) is 0 Å². The highest BCUT2D eigenvalue weighted by atomic mass is 15.3. The van der Waals surface area contributed by atoms with Crippen molar-refractivity contribution in [1.82, 2.24) is 15.2 Å². The molecule has 106 valence electrons. The number of hydrogen-bond donors (Lipinski definition) is 1. The first-order valence-corrected chi connectivity index (χ1v) is 7.33. The Morgan fingerprint density at radius 2 is 2.05 bits per heavy atom. The van der Waals surface area contributed by atoms with Crippen LogP contribution in [0.5, 0.6) is 0 Å². The molecule has 1 aliphatic heterocycles. The molecule has 4 nitrogen and oxygen atoms in total. The second kappa shape index (κ2) is 6.87. The Bertz CT molecular complexity index is 385. The number of piperazine rings is 1. The predicted molar refractivity (Wildman–Crippen MR) is 80.5 cm³/mol. The zero-order valence-corrected chi connectivity index (χ0v) is 12.4. The molecule has 1 atom stereocenters. The molecule has 1 aromatic heterocycles. The first-order valence-electron chi connectivity index (χ1n) is 7.33. The summed E-state index contributed by atoms with van der Waals surface area (Å²) in [7, 11) is 1.98. The lowest BCUT2D eigenvalue weighted by Crippen LogP contribution is -2.50. The van der Waals surface area contributed by atoms with Crippen molar-refractivity contribution in [3.05, 3.63) is 23.9 Å². The highest BCUT2D eigenvalue weighted by Gasteiger charge is 2.22. The van der Waals surface area contributed by atoms with Gasteiger partial charge in [0, 0.05) is 50.5 Å². The zero-order valence-electron chi connectivity index (χ0n) is 12.4. The Kier molecular flexibility index (Phi) is 5.16. The van der Waals surface area contributed by atoms with Gasteiger partial charge in [-0.1, -0.05) is 13.0 Å². The van der Waals surface area contributed by atoms with Crippen LogP contribution in [0.25, 0.3) is 0 Å². The SMILES string of the molecule is CCC(C)N1CCN(c2ncccc2CNC)CC1. The van der Waals surface area contributed by atoms with E-state index in [-0.39, 0.29) is 0 Å². The topological polar surface area (TPSA) is 31.4 Å². The third kappa shape index (κ3) is 3.45. The van der Waals surface area contributed by atoms with E-state index in [0.29, 0.717) is 6.04 Å². The van der Waals surface area contributed by atoms with Crippen LogP contribution in [0.15, 0.2) is 18.3 Å². The lowest BCUT2D eigenvalue weighted by Gasteiger charge is -2.39. The van der Waals surface area contributed by atoms with Gasteiger partial charge in [-0.25, -0.2) is 4.98 Å². The Morgan fingerprint density at radius 3 is 2.68 bits per heavy atom. The monoisotopic (exact) mass is 262 g/mol. The van der Waals surface area contributed by atoms with E-state index in [1.165, 1.54) is 12.0 Å². The standard InChI is InChI=1S/C15H26N4/c1-4-13(2)18-8-10-19(11-9-18)15-14(12-16-3)6-5-7-17-15/h5-7,13,16H,4,8-12H2,1-3H3. The lowest BCUT2D eigenvalue weighted by molar-refractivity contribution is 0.192. The minimum absolute atomic E-state index is 0.697. The van der Waals surface area contributed by atoms with Crippen LogP contribution in [0.2, 0.25) is 0 Å². The molecule has 19 heavy (non-hydrogen) atoms. The van der Waals surface area contributed by atoms with Crippen molar-refractivity contribution < 1.29 is 0 Å². The molecule has 2 heterocycles. The average molecular weight is 262 g/mol. The van der Waals surface area contributed by atoms with Crippen molar-refractivity contribution in [2.24, 2.45) is 0 Å². The molecule has 0 bridgehead atoms.